The van der Waals surface area contributed by atoms with E-state index in [9.17, 15) is 9.59 Å². The van der Waals surface area contributed by atoms with Gasteiger partial charge < -0.3 is 5.32 Å². The molecule has 0 radical (unpaired) electrons. The number of anilines is 1. The first-order chi connectivity index (χ1) is 11.7. The first-order valence-electron chi connectivity index (χ1n) is 7.84. The van der Waals surface area contributed by atoms with Gasteiger partial charge in [-0.05, 0) is 48.2 Å². The highest BCUT2D eigenvalue weighted by Gasteiger charge is 2.51. The number of benzene rings is 1. The summed E-state index contributed by atoms with van der Waals surface area (Å²) in [5.41, 5.74) is 3.89. The topological polar surface area (TPSA) is 72.0 Å². The lowest BCUT2D eigenvalue weighted by atomic mass is 9.79. The summed E-state index contributed by atoms with van der Waals surface area (Å²) >= 11 is 0. The van der Waals surface area contributed by atoms with E-state index in [1.807, 2.05) is 24.3 Å². The number of carbonyl (C=O) groups excluding carboxylic acids is 2. The van der Waals surface area contributed by atoms with Gasteiger partial charge >= 0.3 is 0 Å². The van der Waals surface area contributed by atoms with Crippen LogP contribution < -0.4 is 5.32 Å². The SMILES string of the molecule is O=Cc1ccc2cc3c(cc2n1)C[C@@]1(C3)C(=O)Nc2ncccc21. The monoisotopic (exact) mass is 315 g/mol. The molecule has 0 saturated heterocycles. The molecule has 2 aromatic heterocycles. The standard InChI is InChI=1S/C19H13N3O2/c23-10-14-4-3-11-6-12-8-19(9-13(12)7-16(11)21-14)15-2-1-5-20-17(15)22-18(19)24/h1-7,10H,8-9H2,(H,20,22,24)/t19-/m1/s1. The van der Waals surface area contributed by atoms with E-state index in [1.54, 1.807) is 12.3 Å². The molecule has 5 nitrogen and oxygen atoms in total. The zero-order chi connectivity index (χ0) is 16.3. The highest BCUT2D eigenvalue weighted by molar-refractivity contribution is 6.06. The first-order valence-corrected chi connectivity index (χ1v) is 7.84. The number of pyridine rings is 2. The molecule has 2 aliphatic rings. The minimum atomic E-state index is -0.573. The summed E-state index contributed by atoms with van der Waals surface area (Å²) in [6, 6.07) is 11.6. The summed E-state index contributed by atoms with van der Waals surface area (Å²) in [6.07, 6.45) is 3.74. The number of amides is 1. The van der Waals surface area contributed by atoms with Crippen LogP contribution in [-0.4, -0.2) is 22.2 Å². The molecule has 1 amide bonds. The van der Waals surface area contributed by atoms with Crippen LogP contribution in [0.15, 0.2) is 42.6 Å². The summed E-state index contributed by atoms with van der Waals surface area (Å²) in [7, 11) is 0. The maximum Gasteiger partial charge on any atom is 0.237 e. The highest BCUT2D eigenvalue weighted by Crippen LogP contribution is 2.47. The maximum atomic E-state index is 12.7. The van der Waals surface area contributed by atoms with E-state index in [0.29, 0.717) is 24.4 Å². The van der Waals surface area contributed by atoms with Crippen LogP contribution in [0.25, 0.3) is 10.9 Å². The molecule has 5 rings (SSSR count). The molecule has 1 aromatic carbocycles. The molecule has 1 spiro atoms. The third-order valence-electron chi connectivity index (χ3n) is 5.13. The number of aromatic nitrogens is 2. The van der Waals surface area contributed by atoms with Crippen molar-refractivity contribution < 1.29 is 9.59 Å². The lowest BCUT2D eigenvalue weighted by Gasteiger charge is -2.20. The van der Waals surface area contributed by atoms with Crippen molar-refractivity contribution in [3.05, 3.63) is 65.0 Å². The minimum Gasteiger partial charge on any atom is -0.310 e. The van der Waals surface area contributed by atoms with Gasteiger partial charge in [-0.3, -0.25) is 9.59 Å². The van der Waals surface area contributed by atoms with Crippen LogP contribution in [0, 0.1) is 0 Å². The van der Waals surface area contributed by atoms with Gasteiger partial charge in [-0.25, -0.2) is 9.97 Å². The van der Waals surface area contributed by atoms with Gasteiger partial charge in [0.2, 0.25) is 5.91 Å². The van der Waals surface area contributed by atoms with Crippen molar-refractivity contribution in [1.29, 1.82) is 0 Å². The summed E-state index contributed by atoms with van der Waals surface area (Å²) < 4.78 is 0. The Morgan fingerprint density at radius 3 is 2.79 bits per heavy atom. The van der Waals surface area contributed by atoms with E-state index in [0.717, 1.165) is 33.9 Å². The van der Waals surface area contributed by atoms with Gasteiger partial charge in [0, 0.05) is 17.1 Å². The van der Waals surface area contributed by atoms with Crippen molar-refractivity contribution >= 4 is 28.9 Å². The maximum absolute atomic E-state index is 12.7. The molecule has 1 atom stereocenters. The number of carbonyl (C=O) groups is 2. The van der Waals surface area contributed by atoms with Gasteiger partial charge in [0.1, 0.15) is 11.5 Å². The number of nitrogens with zero attached hydrogens (tertiary/aromatic N) is 2. The third-order valence-corrected chi connectivity index (χ3v) is 5.13. The van der Waals surface area contributed by atoms with E-state index in [2.05, 4.69) is 21.4 Å². The van der Waals surface area contributed by atoms with Crippen molar-refractivity contribution in [3.63, 3.8) is 0 Å². The summed E-state index contributed by atoms with van der Waals surface area (Å²) in [5, 5.41) is 3.90. The van der Waals surface area contributed by atoms with Crippen molar-refractivity contribution in [1.82, 2.24) is 9.97 Å². The highest BCUT2D eigenvalue weighted by atomic mass is 16.2. The molecule has 3 heterocycles. The van der Waals surface area contributed by atoms with Crippen molar-refractivity contribution in [2.75, 3.05) is 5.32 Å². The zero-order valence-electron chi connectivity index (χ0n) is 12.7. The molecule has 0 fully saturated rings. The van der Waals surface area contributed by atoms with E-state index < -0.39 is 5.41 Å². The predicted molar refractivity (Wildman–Crippen MR) is 89.1 cm³/mol. The Morgan fingerprint density at radius 1 is 1.12 bits per heavy atom. The number of rotatable bonds is 1. The predicted octanol–water partition coefficient (Wildman–Crippen LogP) is 2.43. The number of aldehydes is 1. The quantitative estimate of drug-likeness (QED) is 0.700. The van der Waals surface area contributed by atoms with Crippen LogP contribution in [0.2, 0.25) is 0 Å². The number of fused-ring (bicyclic) bond motifs is 4. The fourth-order valence-electron chi connectivity index (χ4n) is 3.98. The number of nitrogens with one attached hydrogen (secondary N) is 1. The molecule has 1 aliphatic carbocycles. The van der Waals surface area contributed by atoms with Gasteiger partial charge in [-0.2, -0.15) is 0 Å². The summed E-state index contributed by atoms with van der Waals surface area (Å²) in [4.78, 5) is 32.3. The van der Waals surface area contributed by atoms with E-state index in [1.165, 1.54) is 0 Å². The molecule has 1 N–H and O–H groups in total. The van der Waals surface area contributed by atoms with Gasteiger partial charge in [0.15, 0.2) is 6.29 Å². The Morgan fingerprint density at radius 2 is 1.96 bits per heavy atom. The second-order valence-corrected chi connectivity index (χ2v) is 6.46. The average Bonchev–Trinajstić information content (AvgIpc) is 3.10. The third kappa shape index (κ3) is 1.64. The lowest BCUT2D eigenvalue weighted by Crippen LogP contribution is -2.35. The first kappa shape index (κ1) is 13.4. The van der Waals surface area contributed by atoms with E-state index in [4.69, 9.17) is 0 Å². The molecule has 0 bridgehead atoms. The molecule has 0 saturated carbocycles. The molecule has 1 aliphatic heterocycles. The Labute approximate surface area is 137 Å². The zero-order valence-corrected chi connectivity index (χ0v) is 12.7. The Bertz CT molecular complexity index is 1040. The van der Waals surface area contributed by atoms with Gasteiger partial charge in [0.25, 0.3) is 0 Å². The fourth-order valence-corrected chi connectivity index (χ4v) is 3.98. The van der Waals surface area contributed by atoms with E-state index >= 15 is 0 Å². The summed E-state index contributed by atoms with van der Waals surface area (Å²) in [5.74, 6) is 0.680. The molecule has 116 valence electrons. The molecule has 0 unspecified atom stereocenters. The minimum absolute atomic E-state index is 0.0120. The normalized spacial score (nSPS) is 20.9. The van der Waals surface area contributed by atoms with Crippen LogP contribution in [0.5, 0.6) is 0 Å². The van der Waals surface area contributed by atoms with Gasteiger partial charge in [-0.15, -0.1) is 0 Å². The lowest BCUT2D eigenvalue weighted by molar-refractivity contribution is -0.120. The largest absolute Gasteiger partial charge is 0.310 e. The second kappa shape index (κ2) is 4.47. The van der Waals surface area contributed by atoms with Crippen molar-refractivity contribution in [2.24, 2.45) is 0 Å². The number of hydrogen-bond donors (Lipinski definition) is 1. The molecular weight excluding hydrogens is 302 g/mol. The summed E-state index contributed by atoms with van der Waals surface area (Å²) in [6.45, 7) is 0. The van der Waals surface area contributed by atoms with Crippen LogP contribution >= 0.6 is 0 Å². The molecular formula is C19H13N3O2. The second-order valence-electron chi connectivity index (χ2n) is 6.46. The van der Waals surface area contributed by atoms with Crippen LogP contribution in [0.3, 0.4) is 0 Å². The van der Waals surface area contributed by atoms with E-state index in [-0.39, 0.29) is 5.91 Å². The molecule has 24 heavy (non-hydrogen) atoms. The van der Waals surface area contributed by atoms with Crippen LogP contribution in [0.1, 0.15) is 27.2 Å². The van der Waals surface area contributed by atoms with Crippen LogP contribution in [-0.2, 0) is 23.1 Å². The van der Waals surface area contributed by atoms with Crippen molar-refractivity contribution in [3.8, 4) is 0 Å². The Hall–Kier alpha value is -3.08. The Balaban J connectivity index is 1.67. The van der Waals surface area contributed by atoms with Gasteiger partial charge in [0.05, 0.1) is 10.9 Å². The van der Waals surface area contributed by atoms with Gasteiger partial charge in [-0.1, -0.05) is 12.1 Å². The average molecular weight is 315 g/mol. The fraction of sp³-hybridized carbons (Fsp3) is 0.158. The molecule has 3 aromatic rings. The molecule has 5 heteroatoms. The Kier molecular flexibility index (Phi) is 2.49. The smallest absolute Gasteiger partial charge is 0.237 e. The van der Waals surface area contributed by atoms with Crippen molar-refractivity contribution in [2.45, 2.75) is 18.3 Å². The number of hydrogen-bond acceptors (Lipinski definition) is 4. The van der Waals surface area contributed by atoms with Crippen LogP contribution in [0.4, 0.5) is 5.82 Å².